The lowest BCUT2D eigenvalue weighted by atomic mass is 10.1. The number of carboxylic acid groups (broad SMARTS) is 1. The number of hydrogen-bond acceptors (Lipinski definition) is 21. The molecule has 17 rings (SSSR count). The van der Waals surface area contributed by atoms with E-state index in [2.05, 4.69) is 78.5 Å². The number of rotatable bonds is 27. The zero-order valence-electron chi connectivity index (χ0n) is 73.2. The summed E-state index contributed by atoms with van der Waals surface area (Å²) < 4.78 is 134. The van der Waals surface area contributed by atoms with Gasteiger partial charge in [0.15, 0.2) is 0 Å². The molecule has 0 spiro atoms. The van der Waals surface area contributed by atoms with Crippen molar-refractivity contribution in [3.8, 4) is 22.7 Å². The van der Waals surface area contributed by atoms with Gasteiger partial charge in [0, 0.05) is 28.3 Å². The van der Waals surface area contributed by atoms with Crippen molar-refractivity contribution in [2.24, 2.45) is 0 Å². The Kier molecular flexibility index (Phi) is 38.2. The number of aryl methyl sites for hydroxylation is 2. The molecule has 0 saturated heterocycles. The number of nitrogens with two attached hydrogens (primary N) is 1. The minimum atomic E-state index is -2.67. The highest BCUT2D eigenvalue weighted by Gasteiger charge is 2.27. The number of carbonyl (C=O) groups is 9. The lowest BCUT2D eigenvalue weighted by molar-refractivity contribution is -0.112. The normalized spacial score (nSPS) is 10.8. The van der Waals surface area contributed by atoms with Crippen molar-refractivity contribution in [3.05, 3.63) is 345 Å². The first kappa shape index (κ1) is 109. The summed E-state index contributed by atoms with van der Waals surface area (Å²) in [5, 5.41) is 42.9. The van der Waals surface area contributed by atoms with Crippen LogP contribution in [0, 0.1) is 6.92 Å². The summed E-state index contributed by atoms with van der Waals surface area (Å²) in [5.74, 6) is -3.25. The van der Waals surface area contributed by atoms with Crippen LogP contribution in [0.25, 0.3) is 66.9 Å². The van der Waals surface area contributed by atoms with E-state index >= 15 is 0 Å². The second-order valence-corrected chi connectivity index (χ2v) is 35.1. The molecule has 142 heavy (non-hydrogen) atoms. The van der Waals surface area contributed by atoms with Crippen LogP contribution in [0.4, 0.5) is 84.8 Å². The summed E-state index contributed by atoms with van der Waals surface area (Å²) in [6.07, 6.45) is -8.24. The molecule has 6 amide bonds. The first-order valence-electron chi connectivity index (χ1n) is 41.0. The molecule has 9 aromatic heterocycles. The summed E-state index contributed by atoms with van der Waals surface area (Å²) in [6, 6.07) is 62.6. The summed E-state index contributed by atoms with van der Waals surface area (Å²) in [5.41, 5.74) is 19.1. The number of amides is 6. The maximum Gasteiger partial charge on any atom is 0.345 e. The van der Waals surface area contributed by atoms with Gasteiger partial charge in [-0.25, -0.2) is 68.6 Å². The number of hydrogen-bond donors (Lipinski definition) is 10. The van der Waals surface area contributed by atoms with Crippen molar-refractivity contribution in [3.63, 3.8) is 0 Å². The predicted molar refractivity (Wildman–Crippen MR) is 538 cm³/mol. The molecule has 27 nitrogen and oxygen atoms in total. The third kappa shape index (κ3) is 27.4. The molecule has 0 aliphatic heterocycles. The molecule has 9 heterocycles. The molecule has 734 valence electrons. The van der Waals surface area contributed by atoms with Crippen molar-refractivity contribution in [1.29, 1.82) is 0 Å². The number of carboxylic acids is 1. The lowest BCUT2D eigenvalue weighted by Gasteiger charge is -2.12. The van der Waals surface area contributed by atoms with Crippen LogP contribution in [0.1, 0.15) is 152 Å². The molecule has 0 unspecified atom stereocenters. The molecule has 0 bridgehead atoms. The Hall–Kier alpha value is -15.4. The molecule has 44 heteroatoms. The number of nitrogen functional groups attached to an aromatic ring is 1. The number of aromatic carboxylic acids is 1. The first-order chi connectivity index (χ1) is 67.1. The van der Waals surface area contributed by atoms with Gasteiger partial charge in [0.1, 0.15) is 11.2 Å². The molecule has 0 aliphatic rings. The van der Waals surface area contributed by atoms with E-state index in [4.69, 9.17) is 22.4 Å². The first-order valence-corrected chi connectivity index (χ1v) is 45.5. The number of fused-ring (bicyclic) bond motifs is 4. The molecule has 0 saturated carbocycles. The Morgan fingerprint density at radius 1 is 0.394 bits per heavy atom. The second kappa shape index (κ2) is 49.9. The highest BCUT2D eigenvalue weighted by molar-refractivity contribution is 7.15. The Labute approximate surface area is 832 Å². The summed E-state index contributed by atoms with van der Waals surface area (Å²) in [6.45, 7) is 13.7. The molecular weight excluding hydrogens is 2000 g/mol. The van der Waals surface area contributed by atoms with E-state index in [9.17, 15) is 97.3 Å². The Morgan fingerprint density at radius 2 is 0.690 bits per heavy atom. The lowest BCUT2D eigenvalue weighted by Crippen LogP contribution is -2.14. The van der Waals surface area contributed by atoms with E-state index in [-0.39, 0.29) is 111 Å². The Balaban J connectivity index is 0.000000184. The number of carbonyl (C=O) groups excluding carboxylic acids is 8. The van der Waals surface area contributed by atoms with Crippen LogP contribution in [0.15, 0.2) is 268 Å². The summed E-state index contributed by atoms with van der Waals surface area (Å²) >= 11 is 8.22. The number of benzene rings is 8. The zero-order chi connectivity index (χ0) is 101. The fraction of sp³-hybridized carbons (Fsp3) is 0.112. The minimum absolute atomic E-state index is 0. The number of thiophene rings is 5. The van der Waals surface area contributed by atoms with Crippen LogP contribution in [0.3, 0.4) is 0 Å². The highest BCUT2D eigenvalue weighted by Crippen LogP contribution is 2.38. The van der Waals surface area contributed by atoms with Crippen molar-refractivity contribution in [2.45, 2.75) is 73.0 Å². The molecule has 0 aliphatic carbocycles. The SMILES string of the molecule is C.C=CC(=O)Cl.C=CC(=O)Nc1cccc(-n2c(NC(=O)c3ccc(C(F)F)s3)nc3cc(C=O)ccc32)c1.C=CC(=O)Nc1cccc(-n2c(NC(=O)c3ccc(C(F)F)s3)nc3cc(CO)ccc32)c1.CCc1ccc2c(c1)nc(NC(=O)c1ccc(C(F)F)s1)n2-c1cccc(C)c1.Cl.Nc1cccc(-n2c(NC(=O)c3ccc(C(F)F)s3)nc3cc(CO)ccc32)c1.O=C(O)c1ccc(C(F)F)s1. The summed E-state index contributed by atoms with van der Waals surface area (Å²) in [4.78, 5) is 123. The van der Waals surface area contributed by atoms with E-state index in [1.54, 1.807) is 135 Å². The van der Waals surface area contributed by atoms with Crippen molar-refractivity contribution < 1.29 is 102 Å². The quantitative estimate of drug-likeness (QED) is 0.00751. The molecule has 0 atom stereocenters. The van der Waals surface area contributed by atoms with E-state index < -0.39 is 67.0 Å². The molecule has 17 aromatic rings. The van der Waals surface area contributed by atoms with Crippen molar-refractivity contribution in [1.82, 2.24) is 38.2 Å². The fourth-order valence-electron chi connectivity index (χ4n) is 13.2. The maximum atomic E-state index is 12.9. The van der Waals surface area contributed by atoms with Gasteiger partial charge in [0.25, 0.3) is 55.8 Å². The van der Waals surface area contributed by atoms with E-state index in [0.717, 1.165) is 81.2 Å². The third-order valence-corrected chi connectivity index (χ3v) is 25.2. The zero-order valence-corrected chi connectivity index (χ0v) is 78.8. The number of aliphatic hydroxyl groups excluding tert-OH is 2. The van der Waals surface area contributed by atoms with Gasteiger partial charge in [0.05, 0.1) is 118 Å². The van der Waals surface area contributed by atoms with E-state index in [1.165, 1.54) is 54.6 Å². The van der Waals surface area contributed by atoms with Crippen LogP contribution in [0.5, 0.6) is 0 Å². The van der Waals surface area contributed by atoms with Gasteiger partial charge in [-0.05, 0) is 247 Å². The molecule has 8 aromatic carbocycles. The van der Waals surface area contributed by atoms with Crippen LogP contribution in [-0.2, 0) is 34.0 Å². The Bertz CT molecular complexity index is 7330. The molecule has 11 N–H and O–H groups in total. The average Bonchev–Trinajstić information content (AvgIpc) is 1.62. The van der Waals surface area contributed by atoms with Gasteiger partial charge in [-0.2, -0.15) is 0 Å². The third-order valence-electron chi connectivity index (χ3n) is 19.6. The number of allylic oxidation sites excluding steroid dienone is 1. The van der Waals surface area contributed by atoms with Crippen LogP contribution in [0.2, 0.25) is 0 Å². The van der Waals surface area contributed by atoms with Gasteiger partial charge >= 0.3 is 5.97 Å². The van der Waals surface area contributed by atoms with Gasteiger partial charge in [0.2, 0.25) is 40.9 Å². The van der Waals surface area contributed by atoms with Gasteiger partial charge in [-0.15, -0.1) is 69.1 Å². The number of aldehydes is 1. The fourth-order valence-corrected chi connectivity index (χ4v) is 17.0. The highest BCUT2D eigenvalue weighted by atomic mass is 35.5. The van der Waals surface area contributed by atoms with Gasteiger partial charge in [-0.3, -0.25) is 77.9 Å². The molecule has 0 fully saturated rings. The number of nitrogens with one attached hydrogen (secondary N) is 6. The number of anilines is 7. The smallest absolute Gasteiger partial charge is 0.345 e. The number of aliphatic hydroxyl groups is 2. The monoisotopic (exact) mass is 2080 g/mol. The predicted octanol–water partition coefficient (Wildman–Crippen LogP) is 25.0. The van der Waals surface area contributed by atoms with Gasteiger partial charge < -0.3 is 31.7 Å². The minimum Gasteiger partial charge on any atom is -0.477 e. The molecular formula is C98H81Cl2F10N15O12S5. The largest absolute Gasteiger partial charge is 0.477 e. The van der Waals surface area contributed by atoms with E-state index in [0.29, 0.717) is 130 Å². The maximum absolute atomic E-state index is 12.9. The van der Waals surface area contributed by atoms with Crippen LogP contribution >= 0.6 is 80.7 Å². The second-order valence-electron chi connectivity index (χ2n) is 29.2. The summed E-state index contributed by atoms with van der Waals surface area (Å²) in [7, 11) is 0. The van der Waals surface area contributed by atoms with E-state index in [1.807, 2.05) is 60.0 Å². The standard InChI is InChI=1S/C23H18F2N4O3S.C23H16F2N4O3S.C22H19F2N3OS.C20H16F2N4O2S.C6H4F2O2S.C3H3ClO.CH4.ClH/c2*1-2-20(31)26-14-4-3-5-15(11-14)29-17-7-6-13(12-30)10-16(17)27-23(29)28-22(32)19-9-8-18(33-19)21(24)25;1-3-14-7-8-17-16(12-14)25-22(27(17)15-6-4-5-13(2)11-15)26-21(28)19-10-9-18(29-19)20(23)24;21-18(22)16-6-7-17(29-16)19(28)25-20-24-14-8-11(10-27)4-5-15(14)26(20)13-3-1-2-12(23)9-13;7-5(8)3-1-2-4(11-3)6(9)10;1-2-3(4)5;;/h2-11,21,30H,1,12H2,(H,26,31)(H,27,28,32);2-12,21H,1H2,(H,26,31)(H,27,28,32);4-12,20H,3H2,1-2H3,(H,25,26,28);1-9,18,27H,10,23H2,(H,24,25,28);1-2,5H,(H,9,10);2H,1H2;1H4;1H. The number of imidazole rings is 4. The van der Waals surface area contributed by atoms with Gasteiger partial charge in [-0.1, -0.05) is 82.6 Å². The topological polar surface area (TPSA) is 384 Å². The number of aromatic nitrogens is 8. The number of halogens is 12. The molecule has 0 radical (unpaired) electrons. The van der Waals surface area contributed by atoms with Crippen LogP contribution in [-0.4, -0.2) is 106 Å². The van der Waals surface area contributed by atoms with Crippen molar-refractivity contribution in [2.75, 3.05) is 37.6 Å². The average molecular weight is 2080 g/mol. The van der Waals surface area contributed by atoms with Crippen LogP contribution < -0.4 is 37.6 Å². The number of nitrogens with zero attached hydrogens (tertiary/aromatic N) is 8. The van der Waals surface area contributed by atoms with Crippen molar-refractivity contribution >= 4 is 219 Å². The number of alkyl halides is 10. The Morgan fingerprint density at radius 3 is 0.979 bits per heavy atom.